The van der Waals surface area contributed by atoms with E-state index in [-0.39, 0.29) is 0 Å². The Hall–Kier alpha value is -0.900. The molecule has 0 N–H and O–H groups in total. The molecular formula is C24H18N4S9. The van der Waals surface area contributed by atoms with Crippen LogP contribution in [-0.2, 0) is 11.5 Å². The average Bonchev–Trinajstić information content (AvgIpc) is 3.72. The van der Waals surface area contributed by atoms with Gasteiger partial charge in [0.15, 0.2) is 5.16 Å². The quantitative estimate of drug-likeness (QED) is 0.0713. The number of hydrogen-bond acceptors (Lipinski definition) is 13. The zero-order valence-corrected chi connectivity index (χ0v) is 26.3. The predicted octanol–water partition coefficient (Wildman–Crippen LogP) is 10.4. The summed E-state index contributed by atoms with van der Waals surface area (Å²) < 4.78 is 2.50. The molecule has 0 spiro atoms. The molecule has 6 rings (SSSR count). The third-order valence-corrected chi connectivity index (χ3v) is 13.3. The first kappa shape index (κ1) is 27.7. The molecule has 0 fully saturated rings. The van der Waals surface area contributed by atoms with Crippen molar-refractivity contribution in [3.05, 3.63) is 88.3 Å². The number of thiazole rings is 2. The van der Waals surface area contributed by atoms with Gasteiger partial charge >= 0.3 is 0 Å². The van der Waals surface area contributed by atoms with Gasteiger partial charge < -0.3 is 0 Å². The monoisotopic (exact) mass is 650 g/mol. The number of thiol groups is 1. The van der Waals surface area contributed by atoms with Crippen LogP contribution in [0.4, 0.5) is 0 Å². The second-order valence-corrected chi connectivity index (χ2v) is 17.2. The Kier molecular flexibility index (Phi) is 10.8. The summed E-state index contributed by atoms with van der Waals surface area (Å²) in [5, 5.41) is 2.86. The van der Waals surface area contributed by atoms with E-state index in [0.29, 0.717) is 0 Å². The Labute approximate surface area is 251 Å². The highest BCUT2D eigenvalue weighted by molar-refractivity contribution is 9.09. The van der Waals surface area contributed by atoms with Gasteiger partial charge in [-0.05, 0) is 83.4 Å². The molecule has 0 bridgehead atoms. The van der Waals surface area contributed by atoms with Crippen LogP contribution in [-0.4, -0.2) is 19.9 Å². The molecule has 0 aliphatic carbocycles. The fourth-order valence-electron chi connectivity index (χ4n) is 3.17. The van der Waals surface area contributed by atoms with Crippen LogP contribution in [0.5, 0.6) is 0 Å². The largest absolute Gasteiger partial charge is 0.245 e. The normalized spacial score (nSPS) is 11.1. The molecule has 6 aromatic rings. The smallest absolute Gasteiger partial charge is 0.199 e. The number of nitrogens with zero attached hydrogens (tertiary/aromatic N) is 4. The zero-order valence-electron chi connectivity index (χ0n) is 18.9. The van der Waals surface area contributed by atoms with Crippen LogP contribution >= 0.6 is 97.7 Å². The van der Waals surface area contributed by atoms with Crippen molar-refractivity contribution in [2.24, 2.45) is 0 Å². The first-order chi connectivity index (χ1) is 18.3. The van der Waals surface area contributed by atoms with Crippen molar-refractivity contribution < 1.29 is 0 Å². The minimum absolute atomic E-state index is 0.799. The van der Waals surface area contributed by atoms with Gasteiger partial charge in [0.05, 0.1) is 42.0 Å². The molecule has 13 heteroatoms. The number of benzene rings is 2. The number of rotatable bonds is 9. The Morgan fingerprint density at radius 1 is 0.757 bits per heavy atom. The van der Waals surface area contributed by atoms with Crippen molar-refractivity contribution in [2.45, 2.75) is 16.7 Å². The fourth-order valence-corrected chi connectivity index (χ4v) is 9.84. The van der Waals surface area contributed by atoms with E-state index in [2.05, 4.69) is 79.4 Å². The van der Waals surface area contributed by atoms with Gasteiger partial charge in [-0.2, -0.15) is 0 Å². The molecule has 0 radical (unpaired) electrons. The third kappa shape index (κ3) is 8.05. The minimum atomic E-state index is 0.799. The van der Waals surface area contributed by atoms with Crippen LogP contribution in [0.1, 0.15) is 11.1 Å². The van der Waals surface area contributed by atoms with Gasteiger partial charge in [-0.3, -0.25) is 0 Å². The van der Waals surface area contributed by atoms with Crippen LogP contribution in [0.3, 0.4) is 0 Å². The summed E-state index contributed by atoms with van der Waals surface area (Å²) in [6.07, 6.45) is 1.83. The van der Waals surface area contributed by atoms with E-state index in [1.54, 1.807) is 76.2 Å². The molecule has 2 aromatic carbocycles. The van der Waals surface area contributed by atoms with Gasteiger partial charge in [-0.25, -0.2) is 19.9 Å². The lowest BCUT2D eigenvalue weighted by atomic mass is 10.2. The Morgan fingerprint density at radius 3 is 2.11 bits per heavy atom. The van der Waals surface area contributed by atoms with Gasteiger partial charge in [0, 0.05) is 17.7 Å². The van der Waals surface area contributed by atoms with Gasteiger partial charge in [0.2, 0.25) is 0 Å². The second-order valence-electron chi connectivity index (χ2n) is 7.26. The molecule has 4 nitrogen and oxygen atoms in total. The fraction of sp³-hybridized carbons (Fsp3) is 0.0833. The summed E-state index contributed by atoms with van der Waals surface area (Å²) in [5.74, 6) is 1.93. The highest BCUT2D eigenvalue weighted by Crippen LogP contribution is 2.41. The zero-order chi connectivity index (χ0) is 25.3. The van der Waals surface area contributed by atoms with Crippen LogP contribution in [0.15, 0.2) is 82.4 Å². The SMILES string of the molecule is SSSCc1ccc2scnc2c1.c1csc(-c2ccnc(SSSCc3ccc4scnc4c3)n2)c1. The molecule has 0 amide bonds. The minimum Gasteiger partial charge on any atom is -0.245 e. The predicted molar refractivity (Wildman–Crippen MR) is 177 cm³/mol. The van der Waals surface area contributed by atoms with Crippen molar-refractivity contribution in [1.29, 1.82) is 0 Å². The maximum atomic E-state index is 4.61. The molecule has 0 atom stereocenters. The molecule has 0 saturated heterocycles. The van der Waals surface area contributed by atoms with E-state index in [0.717, 1.165) is 33.4 Å². The van der Waals surface area contributed by atoms with Crippen LogP contribution in [0.2, 0.25) is 0 Å². The average molecular weight is 651 g/mol. The standard InChI is InChI=1S/C16H11N3S5.C8H7NS4/c1-2-14(20-7-1)12-5-6-17-16(19-12)23-24-22-9-11-3-4-15-13(8-11)18-10-21-15;10-13-12-4-6-1-2-8-7(3-6)9-5-11-8/h1-8,10H,9H2;1-3,5,10H,4H2. The van der Waals surface area contributed by atoms with E-state index in [4.69, 9.17) is 0 Å². The van der Waals surface area contributed by atoms with Crippen LogP contribution in [0.25, 0.3) is 31.0 Å². The molecule has 0 aliphatic heterocycles. The lowest BCUT2D eigenvalue weighted by Gasteiger charge is -2.02. The molecule has 0 saturated carbocycles. The van der Waals surface area contributed by atoms with Crippen molar-refractivity contribution in [3.8, 4) is 10.6 Å². The second kappa shape index (κ2) is 14.5. The van der Waals surface area contributed by atoms with Crippen molar-refractivity contribution in [2.75, 3.05) is 0 Å². The number of thiophene rings is 1. The number of fused-ring (bicyclic) bond motifs is 2. The third-order valence-electron chi connectivity index (χ3n) is 4.86. The first-order valence-corrected chi connectivity index (χ1v) is 20.3. The van der Waals surface area contributed by atoms with E-state index in [1.165, 1.54) is 35.2 Å². The van der Waals surface area contributed by atoms with Crippen LogP contribution < -0.4 is 0 Å². The lowest BCUT2D eigenvalue weighted by molar-refractivity contribution is 0.981. The molecule has 37 heavy (non-hydrogen) atoms. The van der Waals surface area contributed by atoms with E-state index < -0.39 is 0 Å². The summed E-state index contributed by atoms with van der Waals surface area (Å²) in [5.41, 5.74) is 9.56. The topological polar surface area (TPSA) is 51.6 Å². The summed E-state index contributed by atoms with van der Waals surface area (Å²) in [6, 6.07) is 19.0. The lowest BCUT2D eigenvalue weighted by Crippen LogP contribution is -1.86. The first-order valence-electron chi connectivity index (χ1n) is 10.7. The van der Waals surface area contributed by atoms with Gasteiger partial charge in [-0.1, -0.05) is 51.4 Å². The number of hydrogen-bond donors (Lipinski definition) is 1. The number of aromatic nitrogens is 4. The van der Waals surface area contributed by atoms with Crippen molar-refractivity contribution in [1.82, 2.24) is 19.9 Å². The van der Waals surface area contributed by atoms with Crippen LogP contribution in [0, 0.1) is 0 Å². The summed E-state index contributed by atoms with van der Waals surface area (Å²) in [4.78, 5) is 18.8. The van der Waals surface area contributed by atoms with Crippen molar-refractivity contribution in [3.63, 3.8) is 0 Å². The Bertz CT molecular complexity index is 1550. The Morgan fingerprint density at radius 2 is 1.46 bits per heavy atom. The highest BCUT2D eigenvalue weighted by Gasteiger charge is 2.05. The molecule has 4 heterocycles. The maximum Gasteiger partial charge on any atom is 0.199 e. The van der Waals surface area contributed by atoms with E-state index >= 15 is 0 Å². The van der Waals surface area contributed by atoms with E-state index in [1.807, 2.05) is 29.4 Å². The summed E-state index contributed by atoms with van der Waals surface area (Å²) in [7, 11) is 8.33. The molecular weight excluding hydrogens is 633 g/mol. The molecule has 0 aliphatic rings. The maximum absolute atomic E-state index is 4.61. The highest BCUT2D eigenvalue weighted by atomic mass is 33.5. The molecule has 4 aromatic heterocycles. The molecule has 0 unspecified atom stereocenters. The summed E-state index contributed by atoms with van der Waals surface area (Å²) in [6.45, 7) is 0. The van der Waals surface area contributed by atoms with E-state index in [9.17, 15) is 0 Å². The van der Waals surface area contributed by atoms with Gasteiger partial charge in [0.1, 0.15) is 0 Å². The van der Waals surface area contributed by atoms with Crippen molar-refractivity contribution >= 4 is 118 Å². The van der Waals surface area contributed by atoms with Gasteiger partial charge in [-0.15, -0.1) is 34.0 Å². The molecule has 188 valence electrons. The Balaban J connectivity index is 0.000000182. The van der Waals surface area contributed by atoms with Gasteiger partial charge in [0.25, 0.3) is 0 Å². The summed E-state index contributed by atoms with van der Waals surface area (Å²) >= 11 is 9.13.